The van der Waals surface area contributed by atoms with Crippen LogP contribution in [0.4, 0.5) is 0 Å². The van der Waals surface area contributed by atoms with E-state index in [-0.39, 0.29) is 15.8 Å². The van der Waals surface area contributed by atoms with E-state index in [1.165, 1.54) is 29.0 Å². The van der Waals surface area contributed by atoms with E-state index in [0.717, 1.165) is 22.6 Å². The Kier molecular flexibility index (Phi) is 13.7. The Bertz CT molecular complexity index is 669. The third kappa shape index (κ3) is 10.4. The van der Waals surface area contributed by atoms with Crippen LogP contribution in [0.25, 0.3) is 0 Å². The molecule has 0 aromatic heterocycles. The van der Waals surface area contributed by atoms with E-state index in [1.807, 2.05) is 22.8 Å². The standard InChI is InChI=1S/C20H35P2.C7H6.Rh/c1-15(2)21(16(3)4)13-19-10-9-11-20(12-19)14-22(17(5)6)18(7)8;1-7-5-3-2-4-6-7;/h9-11,15-18H,13-14H2,1-8H3;1-6H;/q-1;;. The first-order chi connectivity index (χ1) is 14.1. The van der Waals surface area contributed by atoms with Crippen LogP contribution < -0.4 is 0 Å². The quantitative estimate of drug-likeness (QED) is 0.173. The van der Waals surface area contributed by atoms with Crippen LogP contribution in [0.5, 0.6) is 0 Å². The van der Waals surface area contributed by atoms with Gasteiger partial charge in [-0.25, -0.2) is 0 Å². The fourth-order valence-electron chi connectivity index (χ4n) is 3.59. The molecule has 169 valence electrons. The van der Waals surface area contributed by atoms with Crippen molar-refractivity contribution in [1.29, 1.82) is 0 Å². The van der Waals surface area contributed by atoms with E-state index >= 15 is 0 Å². The van der Waals surface area contributed by atoms with E-state index in [1.54, 1.807) is 0 Å². The first kappa shape index (κ1) is 27.8. The van der Waals surface area contributed by atoms with Gasteiger partial charge in [0.05, 0.1) is 0 Å². The van der Waals surface area contributed by atoms with Crippen molar-refractivity contribution >= 4 is 20.5 Å². The summed E-state index contributed by atoms with van der Waals surface area (Å²) in [7, 11) is 0.123. The molecule has 0 fully saturated rings. The predicted molar refractivity (Wildman–Crippen MR) is 139 cm³/mol. The summed E-state index contributed by atoms with van der Waals surface area (Å²) in [6.07, 6.45) is 2.47. The number of hydrogen-bond donors (Lipinski definition) is 0. The third-order valence-corrected chi connectivity index (χ3v) is 12.4. The van der Waals surface area contributed by atoms with Crippen LogP contribution in [0.3, 0.4) is 0 Å². The van der Waals surface area contributed by atoms with E-state index in [2.05, 4.69) is 110 Å². The van der Waals surface area contributed by atoms with E-state index in [9.17, 15) is 0 Å². The Hall–Kier alpha value is -0.207. The minimum atomic E-state index is 0.0615. The summed E-state index contributed by atoms with van der Waals surface area (Å²) in [5.41, 5.74) is 7.32. The second kappa shape index (κ2) is 14.8. The number of rotatable bonds is 9. The molecule has 0 atom stereocenters. The van der Waals surface area contributed by atoms with Crippen molar-refractivity contribution in [2.24, 2.45) is 0 Å². The second-order valence-corrected chi connectivity index (χ2v) is 16.2. The molecule has 2 rings (SSSR count). The van der Waals surface area contributed by atoms with Gasteiger partial charge in [-0.2, -0.15) is 35.4 Å². The van der Waals surface area contributed by atoms with Crippen LogP contribution in [0.15, 0.2) is 48.5 Å². The monoisotopic (exact) mass is 530 g/mol. The maximum absolute atomic E-state index is 3.76. The van der Waals surface area contributed by atoms with Crippen molar-refractivity contribution in [1.82, 2.24) is 0 Å². The first-order valence-corrected chi connectivity index (χ1v) is 15.4. The number of benzene rings is 2. The molecule has 0 saturated carbocycles. The molecule has 2 aromatic carbocycles. The fraction of sp³-hybridized carbons (Fsp3) is 0.519. The van der Waals surface area contributed by atoms with Gasteiger partial charge in [0, 0.05) is 0 Å². The average molecular weight is 530 g/mol. The van der Waals surface area contributed by atoms with Gasteiger partial charge in [0.2, 0.25) is 0 Å². The average Bonchev–Trinajstić information content (AvgIpc) is 2.70. The molecule has 0 heterocycles. The Morgan fingerprint density at radius 3 is 1.37 bits per heavy atom. The van der Waals surface area contributed by atoms with Crippen LogP contribution in [0.1, 0.15) is 72.1 Å². The molecular formula is C27H41P2Rh-. The summed E-state index contributed by atoms with van der Waals surface area (Å²) < 4.78 is 1.97. The van der Waals surface area contributed by atoms with Gasteiger partial charge in [-0.15, -0.1) is 0 Å². The molecule has 0 aliphatic heterocycles. The summed E-state index contributed by atoms with van der Waals surface area (Å²) in [4.78, 5) is 0. The van der Waals surface area contributed by atoms with Gasteiger partial charge >= 0.3 is 58.4 Å². The van der Waals surface area contributed by atoms with Crippen LogP contribution in [0, 0.1) is 6.07 Å². The minimum absolute atomic E-state index is 0.0615. The maximum atomic E-state index is 3.76. The molecule has 0 spiro atoms. The summed E-state index contributed by atoms with van der Waals surface area (Å²) in [5.74, 6) is 0. The SMILES string of the molecule is CC(C)P(Cc1[c-]c(CP(C(C)C)C(C)C)ccc1)C(C)C.[Rh]=[CH]c1ccccc1. The zero-order valence-corrected chi connectivity index (χ0v) is 23.6. The number of hydrogen-bond acceptors (Lipinski definition) is 0. The van der Waals surface area contributed by atoms with Gasteiger partial charge in [0.1, 0.15) is 0 Å². The first-order valence-electron chi connectivity index (χ1n) is 11.1. The Morgan fingerprint density at radius 1 is 0.667 bits per heavy atom. The zero-order valence-electron chi connectivity index (χ0n) is 20.1. The Balaban J connectivity index is 0.000000467. The van der Waals surface area contributed by atoms with E-state index in [0.29, 0.717) is 0 Å². The van der Waals surface area contributed by atoms with Crippen molar-refractivity contribution in [3.05, 3.63) is 71.3 Å². The van der Waals surface area contributed by atoms with Crippen molar-refractivity contribution in [2.75, 3.05) is 0 Å². The fourth-order valence-corrected chi connectivity index (χ4v) is 8.90. The second-order valence-electron chi connectivity index (χ2n) is 8.93. The molecule has 0 bridgehead atoms. The van der Waals surface area contributed by atoms with Gasteiger partial charge < -0.3 is 0 Å². The molecule has 0 N–H and O–H groups in total. The molecule has 3 heteroatoms. The summed E-state index contributed by atoms with van der Waals surface area (Å²) in [6.45, 7) is 19.1. The van der Waals surface area contributed by atoms with Crippen LogP contribution in [-0.4, -0.2) is 27.2 Å². The van der Waals surface area contributed by atoms with E-state index in [4.69, 9.17) is 0 Å². The molecule has 30 heavy (non-hydrogen) atoms. The van der Waals surface area contributed by atoms with Gasteiger partial charge in [-0.1, -0.05) is 71.2 Å². The molecular weight excluding hydrogens is 489 g/mol. The Labute approximate surface area is 199 Å². The van der Waals surface area contributed by atoms with E-state index < -0.39 is 0 Å². The van der Waals surface area contributed by atoms with Gasteiger partial charge in [0.25, 0.3) is 0 Å². The normalized spacial score (nSPS) is 11.6. The molecule has 0 radical (unpaired) electrons. The third-order valence-electron chi connectivity index (χ3n) is 5.19. The van der Waals surface area contributed by atoms with Crippen molar-refractivity contribution < 1.29 is 17.9 Å². The zero-order chi connectivity index (χ0) is 22.7. The molecule has 2 aromatic rings. The van der Waals surface area contributed by atoms with Crippen LogP contribution in [0.2, 0.25) is 0 Å². The summed E-state index contributed by atoms with van der Waals surface area (Å²) in [6, 6.07) is 20.7. The van der Waals surface area contributed by atoms with Gasteiger partial charge in [-0.3, -0.25) is 0 Å². The molecule has 0 saturated heterocycles. The van der Waals surface area contributed by atoms with Crippen molar-refractivity contribution in [2.45, 2.75) is 90.3 Å². The van der Waals surface area contributed by atoms with Crippen molar-refractivity contribution in [3.8, 4) is 0 Å². The predicted octanol–water partition coefficient (Wildman–Crippen LogP) is 8.47. The van der Waals surface area contributed by atoms with Crippen LogP contribution in [-0.2, 0) is 30.2 Å². The molecule has 0 aliphatic carbocycles. The van der Waals surface area contributed by atoms with Crippen molar-refractivity contribution in [3.63, 3.8) is 0 Å². The summed E-state index contributed by atoms with van der Waals surface area (Å²) >= 11 is 2.74. The van der Waals surface area contributed by atoms with Crippen LogP contribution >= 0.6 is 15.8 Å². The van der Waals surface area contributed by atoms with Gasteiger partial charge in [0.15, 0.2) is 0 Å². The molecule has 0 aliphatic rings. The van der Waals surface area contributed by atoms with Gasteiger partial charge in [-0.05, 0) is 35.0 Å². The summed E-state index contributed by atoms with van der Waals surface area (Å²) in [5, 5.41) is 0. The topological polar surface area (TPSA) is 0 Å². The molecule has 0 nitrogen and oxygen atoms in total. The molecule has 0 unspecified atom stereocenters. The Morgan fingerprint density at radius 2 is 1.07 bits per heavy atom. The molecule has 0 amide bonds.